The largest absolute Gasteiger partial charge is 0.379 e. The molecule has 1 aromatic carbocycles. The summed E-state index contributed by atoms with van der Waals surface area (Å²) >= 11 is 6.00. The van der Waals surface area contributed by atoms with E-state index in [0.717, 1.165) is 50.4 Å². The number of hydrogen-bond acceptors (Lipinski definition) is 4. The molecule has 3 rings (SSSR count). The van der Waals surface area contributed by atoms with E-state index in [1.807, 2.05) is 36.4 Å². The molecule has 26 heavy (non-hydrogen) atoms. The van der Waals surface area contributed by atoms with Gasteiger partial charge in [-0.05, 0) is 42.3 Å². The molecule has 2 aromatic rings. The molecule has 138 valence electrons. The van der Waals surface area contributed by atoms with Crippen molar-refractivity contribution in [3.8, 4) is 0 Å². The van der Waals surface area contributed by atoms with Gasteiger partial charge in [-0.1, -0.05) is 29.8 Å². The highest BCUT2D eigenvalue weighted by Gasteiger charge is 2.17. The number of aromatic nitrogens is 1. The maximum Gasteiger partial charge on any atom is 0.220 e. The summed E-state index contributed by atoms with van der Waals surface area (Å²) in [6.07, 6.45) is 4.85. The van der Waals surface area contributed by atoms with Crippen LogP contribution in [0.2, 0.25) is 5.02 Å². The monoisotopic (exact) mass is 373 g/mol. The van der Waals surface area contributed by atoms with Gasteiger partial charge in [0, 0.05) is 36.9 Å². The van der Waals surface area contributed by atoms with E-state index in [1.54, 1.807) is 12.4 Å². The molecule has 0 unspecified atom stereocenters. The molecule has 6 heteroatoms. The molecule has 1 aliphatic heterocycles. The second-order valence-corrected chi connectivity index (χ2v) is 6.83. The summed E-state index contributed by atoms with van der Waals surface area (Å²) in [7, 11) is 0. The van der Waals surface area contributed by atoms with Gasteiger partial charge in [-0.2, -0.15) is 0 Å². The summed E-state index contributed by atoms with van der Waals surface area (Å²) in [6.45, 7) is 4.39. The van der Waals surface area contributed by atoms with Gasteiger partial charge in [0.2, 0.25) is 5.91 Å². The number of nitrogens with one attached hydrogen (secondary N) is 1. The zero-order valence-corrected chi connectivity index (χ0v) is 15.5. The average molecular weight is 374 g/mol. The Morgan fingerprint density at radius 3 is 2.65 bits per heavy atom. The van der Waals surface area contributed by atoms with E-state index in [2.05, 4.69) is 15.2 Å². The van der Waals surface area contributed by atoms with Crippen LogP contribution in [-0.4, -0.2) is 48.6 Å². The molecule has 5 nitrogen and oxygen atoms in total. The zero-order valence-electron chi connectivity index (χ0n) is 14.7. The number of halogens is 1. The fourth-order valence-electron chi connectivity index (χ4n) is 3.08. The summed E-state index contributed by atoms with van der Waals surface area (Å²) in [5.41, 5.74) is 1.94. The fourth-order valence-corrected chi connectivity index (χ4v) is 3.21. The van der Waals surface area contributed by atoms with Crippen LogP contribution in [0, 0.1) is 0 Å². The van der Waals surface area contributed by atoms with E-state index in [4.69, 9.17) is 16.3 Å². The number of amides is 1. The van der Waals surface area contributed by atoms with Crippen LogP contribution >= 0.6 is 11.6 Å². The molecule has 0 radical (unpaired) electrons. The quantitative estimate of drug-likeness (QED) is 0.810. The Morgan fingerprint density at radius 2 is 1.96 bits per heavy atom. The first kappa shape index (κ1) is 18.8. The lowest BCUT2D eigenvalue weighted by Crippen LogP contribution is -2.37. The van der Waals surface area contributed by atoms with Crippen LogP contribution in [0.25, 0.3) is 0 Å². The SMILES string of the molecule is O=C(CCCN1CCOCC1)N[C@@H](c1ccc(Cl)cc1)c1cccnc1. The number of carbonyl (C=O) groups is 1. The van der Waals surface area contributed by atoms with Gasteiger partial charge in [0.1, 0.15) is 0 Å². The molecule has 1 atom stereocenters. The summed E-state index contributed by atoms with van der Waals surface area (Å²) in [5.74, 6) is 0.0436. The topological polar surface area (TPSA) is 54.5 Å². The molecular formula is C20H24ClN3O2. The van der Waals surface area contributed by atoms with Crippen LogP contribution in [0.5, 0.6) is 0 Å². The van der Waals surface area contributed by atoms with Gasteiger partial charge >= 0.3 is 0 Å². The average Bonchev–Trinajstić information content (AvgIpc) is 2.68. The van der Waals surface area contributed by atoms with Crippen LogP contribution in [0.3, 0.4) is 0 Å². The van der Waals surface area contributed by atoms with Crippen molar-refractivity contribution < 1.29 is 9.53 Å². The van der Waals surface area contributed by atoms with E-state index in [-0.39, 0.29) is 11.9 Å². The Balaban J connectivity index is 1.60. The first-order chi connectivity index (χ1) is 12.7. The van der Waals surface area contributed by atoms with Gasteiger partial charge in [0.15, 0.2) is 0 Å². The van der Waals surface area contributed by atoms with Crippen molar-refractivity contribution in [1.82, 2.24) is 15.2 Å². The maximum atomic E-state index is 12.5. The van der Waals surface area contributed by atoms with Gasteiger partial charge in [-0.3, -0.25) is 14.7 Å². The van der Waals surface area contributed by atoms with E-state index in [9.17, 15) is 4.79 Å². The molecule has 1 fully saturated rings. The van der Waals surface area contributed by atoms with Crippen molar-refractivity contribution in [3.63, 3.8) is 0 Å². The third kappa shape index (κ3) is 5.53. The third-order valence-corrected chi connectivity index (χ3v) is 4.76. The van der Waals surface area contributed by atoms with E-state index in [0.29, 0.717) is 11.4 Å². The highest BCUT2D eigenvalue weighted by atomic mass is 35.5. The number of pyridine rings is 1. The molecular weight excluding hydrogens is 350 g/mol. The number of hydrogen-bond donors (Lipinski definition) is 1. The predicted molar refractivity (Wildman–Crippen MR) is 102 cm³/mol. The minimum absolute atomic E-state index is 0.0436. The van der Waals surface area contributed by atoms with Crippen LogP contribution in [0.15, 0.2) is 48.8 Å². The van der Waals surface area contributed by atoms with Gasteiger partial charge in [0.25, 0.3) is 0 Å². The maximum absolute atomic E-state index is 12.5. The van der Waals surface area contributed by atoms with E-state index < -0.39 is 0 Å². The number of rotatable bonds is 7. The number of morpholine rings is 1. The molecule has 1 aromatic heterocycles. The van der Waals surface area contributed by atoms with Gasteiger partial charge in [0.05, 0.1) is 19.3 Å². The van der Waals surface area contributed by atoms with Crippen molar-refractivity contribution in [3.05, 3.63) is 64.9 Å². The zero-order chi connectivity index (χ0) is 18.2. The van der Waals surface area contributed by atoms with Crippen molar-refractivity contribution in [2.45, 2.75) is 18.9 Å². The molecule has 0 bridgehead atoms. The first-order valence-corrected chi connectivity index (χ1v) is 9.35. The van der Waals surface area contributed by atoms with Crippen LogP contribution in [-0.2, 0) is 9.53 Å². The predicted octanol–water partition coefficient (Wildman–Crippen LogP) is 3.05. The number of benzene rings is 1. The molecule has 0 aliphatic carbocycles. The summed E-state index contributed by atoms with van der Waals surface area (Å²) in [5, 5.41) is 3.82. The minimum atomic E-state index is -0.225. The third-order valence-electron chi connectivity index (χ3n) is 4.51. The van der Waals surface area contributed by atoms with Crippen molar-refractivity contribution in [1.29, 1.82) is 0 Å². The summed E-state index contributed by atoms with van der Waals surface area (Å²) in [4.78, 5) is 19.0. The molecule has 0 spiro atoms. The van der Waals surface area contributed by atoms with Crippen LogP contribution < -0.4 is 5.32 Å². The van der Waals surface area contributed by atoms with Crippen LogP contribution in [0.4, 0.5) is 0 Å². The Morgan fingerprint density at radius 1 is 1.19 bits per heavy atom. The number of carbonyl (C=O) groups excluding carboxylic acids is 1. The summed E-state index contributed by atoms with van der Waals surface area (Å²) in [6, 6.07) is 11.2. The molecule has 1 amide bonds. The van der Waals surface area contributed by atoms with E-state index >= 15 is 0 Å². The Bertz CT molecular complexity index is 688. The standard InChI is InChI=1S/C20H24ClN3O2/c21-18-7-5-16(6-8-18)20(17-3-1-9-22-15-17)23-19(25)4-2-10-24-11-13-26-14-12-24/h1,3,5-9,15,20H,2,4,10-14H2,(H,23,25)/t20-/m0/s1. The highest BCUT2D eigenvalue weighted by Crippen LogP contribution is 2.23. The molecule has 2 heterocycles. The Labute approximate surface area is 159 Å². The smallest absolute Gasteiger partial charge is 0.220 e. The first-order valence-electron chi connectivity index (χ1n) is 8.97. The second-order valence-electron chi connectivity index (χ2n) is 6.40. The van der Waals surface area contributed by atoms with Crippen molar-refractivity contribution in [2.24, 2.45) is 0 Å². The lowest BCUT2D eigenvalue weighted by atomic mass is 10.00. The number of nitrogens with zero attached hydrogens (tertiary/aromatic N) is 2. The highest BCUT2D eigenvalue weighted by molar-refractivity contribution is 6.30. The molecule has 1 N–H and O–H groups in total. The molecule has 0 saturated carbocycles. The van der Waals surface area contributed by atoms with Crippen molar-refractivity contribution >= 4 is 17.5 Å². The van der Waals surface area contributed by atoms with Gasteiger partial charge < -0.3 is 10.1 Å². The van der Waals surface area contributed by atoms with Gasteiger partial charge in [-0.25, -0.2) is 0 Å². The van der Waals surface area contributed by atoms with Gasteiger partial charge in [-0.15, -0.1) is 0 Å². The normalized spacial score (nSPS) is 16.2. The lowest BCUT2D eigenvalue weighted by Gasteiger charge is -2.26. The fraction of sp³-hybridized carbons (Fsp3) is 0.400. The molecule has 1 saturated heterocycles. The lowest BCUT2D eigenvalue weighted by molar-refractivity contribution is -0.121. The minimum Gasteiger partial charge on any atom is -0.379 e. The number of ether oxygens (including phenoxy) is 1. The Kier molecular flexibility index (Phi) is 7.00. The Hall–Kier alpha value is -1.95. The summed E-state index contributed by atoms with van der Waals surface area (Å²) < 4.78 is 5.35. The van der Waals surface area contributed by atoms with E-state index in [1.165, 1.54) is 0 Å². The molecule has 1 aliphatic rings. The van der Waals surface area contributed by atoms with Crippen molar-refractivity contribution in [2.75, 3.05) is 32.8 Å². The second kappa shape index (κ2) is 9.67. The van der Waals surface area contributed by atoms with Crippen LogP contribution in [0.1, 0.15) is 30.0 Å².